The molecule has 5 aromatic rings. The van der Waals surface area contributed by atoms with E-state index in [0.29, 0.717) is 46.4 Å². The fraction of sp³-hybridized carbons (Fsp3) is 0.279. The number of piperidine rings is 1. The molecule has 3 heterocycles. The van der Waals surface area contributed by atoms with Gasteiger partial charge < -0.3 is 30.7 Å². The van der Waals surface area contributed by atoms with Crippen molar-refractivity contribution in [1.82, 2.24) is 25.5 Å². The summed E-state index contributed by atoms with van der Waals surface area (Å²) in [5.74, 6) is 0.358. The summed E-state index contributed by atoms with van der Waals surface area (Å²) in [6, 6.07) is 27.7. The zero-order valence-electron chi connectivity index (χ0n) is 31.5. The van der Waals surface area contributed by atoms with E-state index in [1.165, 1.54) is 0 Å². The summed E-state index contributed by atoms with van der Waals surface area (Å²) in [6.45, 7) is 14.0. The smallest absolute Gasteiger partial charge is 0.272 e. The Morgan fingerprint density at radius 3 is 2.28 bits per heavy atom. The van der Waals surface area contributed by atoms with Gasteiger partial charge in [-0.2, -0.15) is 0 Å². The van der Waals surface area contributed by atoms with Crippen LogP contribution in [0.1, 0.15) is 73.8 Å². The fourth-order valence-electron chi connectivity index (χ4n) is 6.55. The second-order valence-electron chi connectivity index (χ2n) is 13.5. The van der Waals surface area contributed by atoms with Crippen molar-refractivity contribution in [2.24, 2.45) is 0 Å². The number of anilines is 2. The molecule has 3 aromatic carbocycles. The van der Waals surface area contributed by atoms with Crippen molar-refractivity contribution in [2.45, 2.75) is 58.7 Å². The predicted octanol–water partition coefficient (Wildman–Crippen LogP) is 9.55. The molecule has 9 nitrogen and oxygen atoms in total. The summed E-state index contributed by atoms with van der Waals surface area (Å²) in [6.07, 6.45) is 5.85. The monoisotopic (exact) mass is 765 g/mol. The number of amides is 2. The van der Waals surface area contributed by atoms with Gasteiger partial charge in [-0.1, -0.05) is 92.2 Å². The number of carbonyl (C=O) groups excluding carboxylic acids is 2. The molecule has 1 fully saturated rings. The van der Waals surface area contributed by atoms with Crippen molar-refractivity contribution in [3.8, 4) is 0 Å². The van der Waals surface area contributed by atoms with E-state index in [1.807, 2.05) is 79.8 Å². The van der Waals surface area contributed by atoms with Crippen LogP contribution in [0, 0.1) is 0 Å². The Morgan fingerprint density at radius 1 is 0.981 bits per heavy atom. The lowest BCUT2D eigenvalue weighted by Crippen LogP contribution is -2.42. The number of aromatic amines is 1. The molecule has 1 saturated heterocycles. The number of nitrogens with zero attached hydrogens (tertiary/aromatic N) is 3. The average Bonchev–Trinajstić information content (AvgIpc) is 3.56. The average molecular weight is 767 g/mol. The number of hydrogen-bond donors (Lipinski definition) is 4. The van der Waals surface area contributed by atoms with Gasteiger partial charge in [0.25, 0.3) is 5.91 Å². The van der Waals surface area contributed by atoms with Crippen molar-refractivity contribution in [3.05, 3.63) is 136 Å². The highest BCUT2D eigenvalue weighted by Crippen LogP contribution is 2.41. The summed E-state index contributed by atoms with van der Waals surface area (Å²) in [4.78, 5) is 37.9. The molecule has 0 saturated carbocycles. The molecule has 1 aliphatic rings. The van der Waals surface area contributed by atoms with Crippen molar-refractivity contribution in [3.63, 3.8) is 0 Å². The SMILES string of the molecule is C=CN(/C(=C(\C)c1ccccc1)c1c(C(=O)Nc2cccnc2N2CCC(NC=O)CC2)[nH]c2cc(Cl)ccc12)C(C)c1ccc(Cl)cc1.CNC(C)C. The molecule has 2 amide bonds. The molecule has 4 N–H and O–H groups in total. The number of halogens is 2. The van der Waals surface area contributed by atoms with Gasteiger partial charge in [-0.15, -0.1) is 0 Å². The van der Waals surface area contributed by atoms with E-state index in [9.17, 15) is 9.59 Å². The predicted molar refractivity (Wildman–Crippen MR) is 225 cm³/mol. The second-order valence-corrected chi connectivity index (χ2v) is 14.4. The van der Waals surface area contributed by atoms with Gasteiger partial charge in [0.2, 0.25) is 6.41 Å². The maximum Gasteiger partial charge on any atom is 0.272 e. The molecule has 1 unspecified atom stereocenters. The quantitative estimate of drug-likeness (QED) is 0.0944. The van der Waals surface area contributed by atoms with Gasteiger partial charge in [0.15, 0.2) is 5.82 Å². The normalized spacial score (nSPS) is 14.1. The van der Waals surface area contributed by atoms with E-state index < -0.39 is 0 Å². The first-order valence-corrected chi connectivity index (χ1v) is 18.9. The van der Waals surface area contributed by atoms with E-state index in [0.717, 1.165) is 58.1 Å². The van der Waals surface area contributed by atoms with Crippen LogP contribution in [0.4, 0.5) is 11.5 Å². The lowest BCUT2D eigenvalue weighted by Gasteiger charge is -2.33. The van der Waals surface area contributed by atoms with E-state index in [-0.39, 0.29) is 18.0 Å². The number of aromatic nitrogens is 2. The molecule has 1 aliphatic heterocycles. The van der Waals surface area contributed by atoms with Gasteiger partial charge in [0.1, 0.15) is 5.69 Å². The van der Waals surface area contributed by atoms with Crippen LogP contribution in [0.3, 0.4) is 0 Å². The molecule has 6 rings (SSSR count). The van der Waals surface area contributed by atoms with Gasteiger partial charge in [0, 0.05) is 57.9 Å². The molecule has 2 aromatic heterocycles. The highest BCUT2D eigenvalue weighted by Gasteiger charge is 2.29. The Kier molecular flexibility index (Phi) is 14.0. The van der Waals surface area contributed by atoms with Crippen LogP contribution in [0.2, 0.25) is 10.0 Å². The van der Waals surface area contributed by atoms with Crippen LogP contribution in [-0.2, 0) is 4.79 Å². The molecule has 11 heteroatoms. The molecule has 54 heavy (non-hydrogen) atoms. The number of pyridine rings is 1. The molecule has 1 atom stereocenters. The number of rotatable bonds is 12. The Hall–Kier alpha value is -5.09. The van der Waals surface area contributed by atoms with E-state index in [1.54, 1.807) is 12.4 Å². The Morgan fingerprint density at radius 2 is 1.65 bits per heavy atom. The fourth-order valence-corrected chi connectivity index (χ4v) is 6.85. The summed E-state index contributed by atoms with van der Waals surface area (Å²) < 4.78 is 0. The number of fused-ring (bicyclic) bond motifs is 1. The minimum Gasteiger partial charge on any atom is -0.356 e. The lowest BCUT2D eigenvalue weighted by molar-refractivity contribution is -0.110. The third kappa shape index (κ3) is 9.52. The third-order valence-corrected chi connectivity index (χ3v) is 10.2. The Balaban J connectivity index is 0.00000105. The maximum absolute atomic E-state index is 14.6. The van der Waals surface area contributed by atoms with Crippen LogP contribution in [-0.4, -0.2) is 59.4 Å². The number of benzene rings is 3. The number of allylic oxidation sites excluding steroid dienone is 1. The number of hydrogen-bond acceptors (Lipinski definition) is 6. The number of H-pyrrole nitrogens is 1. The Bertz CT molecular complexity index is 2070. The minimum atomic E-state index is -0.324. The van der Waals surface area contributed by atoms with Crippen LogP contribution in [0.15, 0.2) is 104 Å². The van der Waals surface area contributed by atoms with Gasteiger partial charge in [-0.25, -0.2) is 4.98 Å². The molecule has 0 radical (unpaired) electrons. The van der Waals surface area contributed by atoms with Crippen LogP contribution < -0.4 is 20.9 Å². The lowest BCUT2D eigenvalue weighted by atomic mass is 9.95. The molecule has 0 aliphatic carbocycles. The second kappa shape index (κ2) is 18.8. The van der Waals surface area contributed by atoms with Crippen molar-refractivity contribution in [2.75, 3.05) is 30.4 Å². The third-order valence-electron chi connectivity index (χ3n) is 9.72. The van der Waals surface area contributed by atoms with Crippen LogP contribution >= 0.6 is 23.2 Å². The van der Waals surface area contributed by atoms with Gasteiger partial charge in [-0.3, -0.25) is 9.59 Å². The summed E-state index contributed by atoms with van der Waals surface area (Å²) in [5.41, 5.74) is 6.23. The zero-order valence-corrected chi connectivity index (χ0v) is 33.0. The van der Waals surface area contributed by atoms with E-state index in [4.69, 9.17) is 23.2 Å². The van der Waals surface area contributed by atoms with Crippen LogP contribution in [0.5, 0.6) is 0 Å². The first-order chi connectivity index (χ1) is 26.1. The van der Waals surface area contributed by atoms with Crippen molar-refractivity contribution >= 4 is 69.2 Å². The summed E-state index contributed by atoms with van der Waals surface area (Å²) in [5, 5.41) is 11.1. The first kappa shape index (κ1) is 40.1. The summed E-state index contributed by atoms with van der Waals surface area (Å²) in [7, 11) is 1.95. The highest BCUT2D eigenvalue weighted by atomic mass is 35.5. The Labute approximate surface area is 328 Å². The first-order valence-electron chi connectivity index (χ1n) is 18.2. The topological polar surface area (TPSA) is 105 Å². The standard InChI is InChI=1S/C39H38Cl2N6O2.C4H11N/c1-4-47(26(3)28-12-14-29(40)15-13-28)37(25(2)27-9-6-5-7-10-27)35-32-17-16-30(41)23-34(32)44-36(35)39(49)45-33-11-8-20-42-38(33)46-21-18-31(19-22-46)43-24-48;1-4(2)5-3/h4-17,20,23-24,26,31,44H,1,18-19,21-22H2,2-3H3,(H,43,48)(H,45,49);4-5H,1-3H3/b37-25+;. The molecule has 0 spiro atoms. The van der Waals surface area contributed by atoms with Gasteiger partial charge >= 0.3 is 0 Å². The maximum atomic E-state index is 14.6. The van der Waals surface area contributed by atoms with Crippen LogP contribution in [0.25, 0.3) is 22.2 Å². The number of carbonyl (C=O) groups is 2. The summed E-state index contributed by atoms with van der Waals surface area (Å²) >= 11 is 12.7. The molecule has 0 bridgehead atoms. The van der Waals surface area contributed by atoms with Crippen molar-refractivity contribution < 1.29 is 9.59 Å². The highest BCUT2D eigenvalue weighted by molar-refractivity contribution is 6.31. The van der Waals surface area contributed by atoms with Gasteiger partial charge in [0.05, 0.1) is 17.4 Å². The molecular formula is C43H49Cl2N7O2. The van der Waals surface area contributed by atoms with E-state index >= 15 is 0 Å². The zero-order chi connectivity index (χ0) is 38.8. The number of nitrogens with one attached hydrogen (secondary N) is 4. The van der Waals surface area contributed by atoms with Crippen molar-refractivity contribution in [1.29, 1.82) is 0 Å². The largest absolute Gasteiger partial charge is 0.356 e. The molecule has 282 valence electrons. The molecular weight excluding hydrogens is 717 g/mol. The minimum absolute atomic E-state index is 0.123. The van der Waals surface area contributed by atoms with Gasteiger partial charge in [-0.05, 0) is 93.0 Å². The van der Waals surface area contributed by atoms with E-state index in [2.05, 4.69) is 82.1 Å².